The maximum absolute atomic E-state index is 11.6. The summed E-state index contributed by atoms with van der Waals surface area (Å²) in [5.74, 6) is -0.0257. The van der Waals surface area contributed by atoms with Gasteiger partial charge in [0.1, 0.15) is 11.4 Å². The average molecular weight is 250 g/mol. The monoisotopic (exact) mass is 250 g/mol. The molecule has 1 N–H and O–H groups in total. The summed E-state index contributed by atoms with van der Waals surface area (Å²) in [6, 6.07) is 5.47. The van der Waals surface area contributed by atoms with Crippen LogP contribution in [-0.2, 0) is 16.0 Å². The van der Waals surface area contributed by atoms with Crippen LogP contribution in [-0.4, -0.2) is 23.3 Å². The summed E-state index contributed by atoms with van der Waals surface area (Å²) < 4.78 is 10.6. The molecule has 1 aromatic rings. The summed E-state index contributed by atoms with van der Waals surface area (Å²) >= 11 is 0. The highest BCUT2D eigenvalue weighted by Crippen LogP contribution is 2.40. The second-order valence-electron chi connectivity index (χ2n) is 5.03. The first-order valence-corrected chi connectivity index (χ1v) is 6.10. The number of hydrogen-bond donors (Lipinski definition) is 1. The lowest BCUT2D eigenvalue weighted by molar-refractivity contribution is -0.153. The fraction of sp³-hybridized carbons (Fsp3) is 0.500. The second kappa shape index (κ2) is 4.61. The fourth-order valence-corrected chi connectivity index (χ4v) is 2.20. The van der Waals surface area contributed by atoms with Gasteiger partial charge in [0.05, 0.1) is 6.61 Å². The highest BCUT2D eigenvalue weighted by atomic mass is 16.5. The van der Waals surface area contributed by atoms with Gasteiger partial charge in [0, 0.05) is 12.0 Å². The van der Waals surface area contributed by atoms with Crippen LogP contribution in [0.5, 0.6) is 5.75 Å². The number of ether oxygens (including phenoxy) is 2. The largest absolute Gasteiger partial charge is 0.487 e. The van der Waals surface area contributed by atoms with Crippen molar-refractivity contribution in [2.24, 2.45) is 0 Å². The van der Waals surface area contributed by atoms with E-state index in [1.807, 2.05) is 26.0 Å². The molecule has 18 heavy (non-hydrogen) atoms. The molecule has 0 fully saturated rings. The van der Waals surface area contributed by atoms with Gasteiger partial charge in [0.15, 0.2) is 6.10 Å². The lowest BCUT2D eigenvalue weighted by Gasteiger charge is -2.19. The van der Waals surface area contributed by atoms with E-state index in [1.165, 1.54) is 0 Å². The van der Waals surface area contributed by atoms with Gasteiger partial charge < -0.3 is 14.6 Å². The molecule has 1 unspecified atom stereocenters. The van der Waals surface area contributed by atoms with Crippen LogP contribution in [0.1, 0.15) is 38.0 Å². The Morgan fingerprint density at radius 1 is 1.56 bits per heavy atom. The van der Waals surface area contributed by atoms with Gasteiger partial charge in [0.2, 0.25) is 0 Å². The number of esters is 1. The van der Waals surface area contributed by atoms with Crippen molar-refractivity contribution in [2.75, 3.05) is 6.61 Å². The molecule has 0 saturated heterocycles. The van der Waals surface area contributed by atoms with Crippen molar-refractivity contribution in [3.63, 3.8) is 0 Å². The zero-order valence-corrected chi connectivity index (χ0v) is 10.9. The number of fused-ring (bicyclic) bond motifs is 1. The maximum Gasteiger partial charge on any atom is 0.339 e. The number of carbonyl (C=O) groups excluding carboxylic acids is 1. The molecule has 0 amide bonds. The predicted molar refractivity (Wildman–Crippen MR) is 66.4 cm³/mol. The molecule has 0 bridgehead atoms. The van der Waals surface area contributed by atoms with E-state index < -0.39 is 12.1 Å². The Bertz CT molecular complexity index is 465. The number of carbonyl (C=O) groups is 1. The van der Waals surface area contributed by atoms with Crippen molar-refractivity contribution in [1.82, 2.24) is 0 Å². The summed E-state index contributed by atoms with van der Waals surface area (Å²) in [6.45, 7) is 5.91. The Labute approximate surface area is 107 Å². The lowest BCUT2D eigenvalue weighted by atomic mass is 9.99. The molecule has 0 spiro atoms. The van der Waals surface area contributed by atoms with Gasteiger partial charge in [-0.1, -0.05) is 18.2 Å². The van der Waals surface area contributed by atoms with Crippen molar-refractivity contribution in [3.05, 3.63) is 29.3 Å². The minimum Gasteiger partial charge on any atom is -0.487 e. The number of aliphatic hydroxyl groups excluding tert-OH is 1. The highest BCUT2D eigenvalue weighted by Gasteiger charge is 2.34. The smallest absolute Gasteiger partial charge is 0.339 e. The number of para-hydroxylation sites is 1. The van der Waals surface area contributed by atoms with E-state index in [-0.39, 0.29) is 12.2 Å². The Morgan fingerprint density at radius 3 is 2.94 bits per heavy atom. The van der Waals surface area contributed by atoms with Gasteiger partial charge in [-0.2, -0.15) is 0 Å². The first-order chi connectivity index (χ1) is 8.44. The first-order valence-electron chi connectivity index (χ1n) is 6.10. The van der Waals surface area contributed by atoms with Gasteiger partial charge in [-0.05, 0) is 26.3 Å². The first kappa shape index (κ1) is 12.9. The third-order valence-electron chi connectivity index (χ3n) is 2.93. The van der Waals surface area contributed by atoms with Crippen molar-refractivity contribution in [2.45, 2.75) is 38.9 Å². The van der Waals surface area contributed by atoms with E-state index in [4.69, 9.17) is 9.47 Å². The lowest BCUT2D eigenvalue weighted by Crippen LogP contribution is -2.25. The summed E-state index contributed by atoms with van der Waals surface area (Å²) in [4.78, 5) is 11.6. The normalized spacial score (nSPS) is 17.8. The summed E-state index contributed by atoms with van der Waals surface area (Å²) in [7, 11) is 0. The number of hydrogen-bond acceptors (Lipinski definition) is 4. The van der Waals surface area contributed by atoms with Gasteiger partial charge in [-0.15, -0.1) is 0 Å². The molecule has 0 aliphatic carbocycles. The third-order valence-corrected chi connectivity index (χ3v) is 2.93. The number of benzene rings is 1. The maximum atomic E-state index is 11.6. The molecular weight excluding hydrogens is 232 g/mol. The van der Waals surface area contributed by atoms with Crippen molar-refractivity contribution >= 4 is 5.97 Å². The highest BCUT2D eigenvalue weighted by molar-refractivity contribution is 5.77. The molecule has 0 aromatic heterocycles. The van der Waals surface area contributed by atoms with Crippen molar-refractivity contribution < 1.29 is 19.4 Å². The Balaban J connectivity index is 2.32. The molecule has 1 aromatic carbocycles. The molecule has 4 heteroatoms. The molecule has 0 radical (unpaired) electrons. The molecule has 4 nitrogen and oxygen atoms in total. The van der Waals surface area contributed by atoms with Gasteiger partial charge in [-0.3, -0.25) is 0 Å². The van der Waals surface area contributed by atoms with Crippen LogP contribution in [0.2, 0.25) is 0 Å². The van der Waals surface area contributed by atoms with Crippen LogP contribution in [0.25, 0.3) is 0 Å². The summed E-state index contributed by atoms with van der Waals surface area (Å²) in [5.41, 5.74) is 1.20. The van der Waals surface area contributed by atoms with Crippen molar-refractivity contribution in [1.29, 1.82) is 0 Å². The van der Waals surface area contributed by atoms with Crippen LogP contribution in [0, 0.1) is 0 Å². The Hall–Kier alpha value is -1.55. The van der Waals surface area contributed by atoms with Crippen molar-refractivity contribution in [3.8, 4) is 5.75 Å². The standard InChI is InChI=1S/C14H18O4/c1-4-17-13(16)11(15)10-7-5-6-9-8-14(2,3)18-12(9)10/h5-7,11,15H,4,8H2,1-3H3. The van der Waals surface area contributed by atoms with Crippen LogP contribution in [0.3, 0.4) is 0 Å². The van der Waals surface area contributed by atoms with E-state index in [2.05, 4.69) is 0 Å². The quantitative estimate of drug-likeness (QED) is 0.834. The minimum atomic E-state index is -1.28. The van der Waals surface area contributed by atoms with E-state index in [1.54, 1.807) is 13.0 Å². The third kappa shape index (κ3) is 2.34. The van der Waals surface area contributed by atoms with E-state index in [0.29, 0.717) is 11.3 Å². The Kier molecular flexibility index (Phi) is 3.30. The number of aliphatic hydroxyl groups is 1. The molecule has 1 atom stereocenters. The zero-order chi connectivity index (χ0) is 13.3. The van der Waals surface area contributed by atoms with Crippen LogP contribution in [0.15, 0.2) is 18.2 Å². The number of rotatable bonds is 3. The molecule has 2 rings (SSSR count). The average Bonchev–Trinajstić information content (AvgIpc) is 2.61. The van der Waals surface area contributed by atoms with Crippen LogP contribution in [0.4, 0.5) is 0 Å². The Morgan fingerprint density at radius 2 is 2.28 bits per heavy atom. The molecule has 0 saturated carbocycles. The van der Waals surface area contributed by atoms with Crippen LogP contribution < -0.4 is 4.74 Å². The van der Waals surface area contributed by atoms with Gasteiger partial charge in [-0.25, -0.2) is 4.79 Å². The minimum absolute atomic E-state index is 0.247. The van der Waals surface area contributed by atoms with Crippen LogP contribution >= 0.6 is 0 Å². The van der Waals surface area contributed by atoms with Gasteiger partial charge in [0.25, 0.3) is 0 Å². The van der Waals surface area contributed by atoms with Gasteiger partial charge >= 0.3 is 5.97 Å². The molecule has 1 aliphatic rings. The SMILES string of the molecule is CCOC(=O)C(O)c1cccc2c1OC(C)(C)C2. The fourth-order valence-electron chi connectivity index (χ4n) is 2.20. The topological polar surface area (TPSA) is 55.8 Å². The zero-order valence-electron chi connectivity index (χ0n) is 10.9. The predicted octanol–water partition coefficient (Wildman–Crippen LogP) is 2.00. The van der Waals surface area contributed by atoms with E-state index >= 15 is 0 Å². The molecule has 98 valence electrons. The molecule has 1 heterocycles. The van der Waals surface area contributed by atoms with E-state index in [9.17, 15) is 9.90 Å². The summed E-state index contributed by atoms with van der Waals surface area (Å²) in [6.07, 6.45) is -0.514. The molecular formula is C14H18O4. The van der Waals surface area contributed by atoms with E-state index in [0.717, 1.165) is 12.0 Å². The summed E-state index contributed by atoms with van der Waals surface area (Å²) in [5, 5.41) is 10.00. The second-order valence-corrected chi connectivity index (χ2v) is 5.03. The molecule has 1 aliphatic heterocycles.